The Morgan fingerprint density at radius 1 is 1.07 bits per heavy atom. The molecule has 0 aromatic heterocycles. The minimum atomic E-state index is -1.02. The van der Waals surface area contributed by atoms with Crippen LogP contribution < -0.4 is 5.32 Å². The zero-order chi connectivity index (χ0) is 20.1. The van der Waals surface area contributed by atoms with Crippen molar-refractivity contribution in [1.82, 2.24) is 4.90 Å². The van der Waals surface area contributed by atoms with Crippen molar-refractivity contribution in [2.24, 2.45) is 0 Å². The van der Waals surface area contributed by atoms with Gasteiger partial charge in [0, 0.05) is 35.8 Å². The number of carboxylic acids is 1. The molecule has 0 radical (unpaired) electrons. The van der Waals surface area contributed by atoms with Crippen LogP contribution in [0.5, 0.6) is 0 Å². The molecule has 2 aromatic carbocycles. The van der Waals surface area contributed by atoms with Crippen LogP contribution in [0, 0.1) is 6.92 Å². The number of aryl methyl sites for hydroxylation is 1. The summed E-state index contributed by atoms with van der Waals surface area (Å²) in [7, 11) is 0. The molecule has 1 aliphatic heterocycles. The van der Waals surface area contributed by atoms with Crippen LogP contribution in [-0.4, -0.2) is 52.4 Å². The molecule has 0 unspecified atom stereocenters. The first-order valence-electron chi connectivity index (χ1n) is 9.04. The number of carbonyl (C=O) groups is 3. The van der Waals surface area contributed by atoms with Crippen molar-refractivity contribution < 1.29 is 19.5 Å². The van der Waals surface area contributed by atoms with Crippen LogP contribution in [0.25, 0.3) is 0 Å². The van der Waals surface area contributed by atoms with E-state index in [0.717, 1.165) is 30.2 Å². The smallest absolute Gasteiger partial charge is 0.335 e. The van der Waals surface area contributed by atoms with Gasteiger partial charge in [0.05, 0.1) is 12.0 Å². The zero-order valence-electron chi connectivity index (χ0n) is 15.6. The molecule has 0 spiro atoms. The number of benzene rings is 2. The predicted molar refractivity (Wildman–Crippen MR) is 110 cm³/mol. The van der Waals surface area contributed by atoms with Gasteiger partial charge in [-0.15, -0.1) is 0 Å². The second kappa shape index (κ2) is 8.93. The first-order valence-corrected chi connectivity index (χ1v) is 10.2. The molecule has 7 heteroatoms. The van der Waals surface area contributed by atoms with Crippen molar-refractivity contribution >= 4 is 35.2 Å². The van der Waals surface area contributed by atoms with Gasteiger partial charge in [-0.2, -0.15) is 11.8 Å². The summed E-state index contributed by atoms with van der Waals surface area (Å²) in [5.74, 6) is 0.680. The van der Waals surface area contributed by atoms with E-state index in [-0.39, 0.29) is 23.8 Å². The summed E-state index contributed by atoms with van der Waals surface area (Å²) in [4.78, 5) is 37.8. The second-order valence-electron chi connectivity index (χ2n) is 6.66. The Labute approximate surface area is 167 Å². The zero-order valence-corrected chi connectivity index (χ0v) is 16.4. The van der Waals surface area contributed by atoms with Crippen LogP contribution in [0.15, 0.2) is 42.5 Å². The third kappa shape index (κ3) is 4.92. The number of nitrogens with zero attached hydrogens (tertiary/aromatic N) is 1. The lowest BCUT2D eigenvalue weighted by molar-refractivity contribution is -0.115. The number of rotatable bonds is 5. The van der Waals surface area contributed by atoms with Crippen LogP contribution in [0.2, 0.25) is 0 Å². The number of aromatic carboxylic acids is 1. The fraction of sp³-hybridized carbons (Fsp3) is 0.286. The van der Waals surface area contributed by atoms with E-state index in [1.807, 2.05) is 23.6 Å². The Kier molecular flexibility index (Phi) is 6.36. The first kappa shape index (κ1) is 19.9. The molecule has 2 N–H and O–H groups in total. The van der Waals surface area contributed by atoms with E-state index in [0.29, 0.717) is 16.8 Å². The Morgan fingerprint density at radius 3 is 2.50 bits per heavy atom. The lowest BCUT2D eigenvalue weighted by atomic mass is 10.1. The monoisotopic (exact) mass is 398 g/mol. The van der Waals surface area contributed by atoms with Crippen molar-refractivity contribution in [3.63, 3.8) is 0 Å². The summed E-state index contributed by atoms with van der Waals surface area (Å²) in [5.41, 5.74) is 2.86. The molecular weight excluding hydrogens is 376 g/mol. The van der Waals surface area contributed by atoms with Crippen LogP contribution in [-0.2, 0) is 11.2 Å². The molecular formula is C21H22N2O4S. The van der Waals surface area contributed by atoms with E-state index >= 15 is 0 Å². The molecule has 0 aliphatic carbocycles. The van der Waals surface area contributed by atoms with E-state index in [9.17, 15) is 14.4 Å². The maximum Gasteiger partial charge on any atom is 0.335 e. The molecule has 1 aliphatic rings. The summed E-state index contributed by atoms with van der Waals surface area (Å²) >= 11 is 1.85. The fourth-order valence-electron chi connectivity index (χ4n) is 3.08. The molecule has 0 bridgehead atoms. The van der Waals surface area contributed by atoms with Gasteiger partial charge in [0.1, 0.15) is 0 Å². The summed E-state index contributed by atoms with van der Waals surface area (Å²) in [6.07, 6.45) is 0.0761. The highest BCUT2D eigenvalue weighted by atomic mass is 32.2. The lowest BCUT2D eigenvalue weighted by Crippen LogP contribution is -2.37. The molecule has 6 nitrogen and oxygen atoms in total. The van der Waals surface area contributed by atoms with E-state index in [1.165, 1.54) is 12.1 Å². The van der Waals surface area contributed by atoms with Crippen LogP contribution in [0.1, 0.15) is 31.8 Å². The summed E-state index contributed by atoms with van der Waals surface area (Å²) in [6, 6.07) is 11.6. The van der Waals surface area contributed by atoms with Crippen LogP contribution in [0.3, 0.4) is 0 Å². The Hall–Kier alpha value is -2.80. The number of nitrogens with one attached hydrogen (secondary N) is 1. The highest BCUT2D eigenvalue weighted by molar-refractivity contribution is 7.99. The molecule has 1 fully saturated rings. The molecule has 0 atom stereocenters. The number of hydrogen-bond donors (Lipinski definition) is 2. The highest BCUT2D eigenvalue weighted by Crippen LogP contribution is 2.20. The van der Waals surface area contributed by atoms with Gasteiger partial charge in [-0.3, -0.25) is 9.59 Å². The average molecular weight is 398 g/mol. The SMILES string of the molecule is Cc1cc(C(=O)N2CCSCC2)ccc1NC(=O)Cc1cccc(C(=O)O)c1. The van der Waals surface area contributed by atoms with Crippen molar-refractivity contribution in [2.75, 3.05) is 29.9 Å². The number of amides is 2. The number of anilines is 1. The van der Waals surface area contributed by atoms with Gasteiger partial charge >= 0.3 is 5.97 Å². The van der Waals surface area contributed by atoms with E-state index in [4.69, 9.17) is 5.11 Å². The van der Waals surface area contributed by atoms with Crippen LogP contribution in [0.4, 0.5) is 5.69 Å². The van der Waals surface area contributed by atoms with E-state index in [2.05, 4.69) is 5.32 Å². The lowest BCUT2D eigenvalue weighted by Gasteiger charge is -2.26. The minimum Gasteiger partial charge on any atom is -0.478 e. The predicted octanol–water partition coefficient (Wildman–Crippen LogP) is 3.06. The summed E-state index contributed by atoms with van der Waals surface area (Å²) in [6.45, 7) is 3.37. The highest BCUT2D eigenvalue weighted by Gasteiger charge is 2.19. The number of carbonyl (C=O) groups excluding carboxylic acids is 2. The number of hydrogen-bond acceptors (Lipinski definition) is 4. The Bertz CT molecular complexity index is 907. The van der Waals surface area contributed by atoms with Gasteiger partial charge in [-0.25, -0.2) is 4.79 Å². The van der Waals surface area contributed by atoms with Gasteiger partial charge in [0.15, 0.2) is 0 Å². The summed E-state index contributed by atoms with van der Waals surface area (Å²) in [5, 5.41) is 11.9. The molecule has 3 rings (SSSR count). The molecule has 28 heavy (non-hydrogen) atoms. The average Bonchev–Trinajstić information content (AvgIpc) is 2.69. The molecule has 0 saturated carbocycles. The molecule has 2 amide bonds. The third-order valence-electron chi connectivity index (χ3n) is 4.58. The third-order valence-corrected chi connectivity index (χ3v) is 5.53. The molecule has 146 valence electrons. The molecule has 1 heterocycles. The van der Waals surface area contributed by atoms with Gasteiger partial charge in [-0.1, -0.05) is 12.1 Å². The normalized spacial score (nSPS) is 13.8. The van der Waals surface area contributed by atoms with Gasteiger partial charge in [0.25, 0.3) is 5.91 Å². The quantitative estimate of drug-likeness (QED) is 0.808. The van der Waals surface area contributed by atoms with Gasteiger partial charge in [-0.05, 0) is 48.4 Å². The standard InChI is InChI=1S/C21H22N2O4S/c1-14-11-16(20(25)23-7-9-28-10-8-23)5-6-18(14)22-19(24)13-15-3-2-4-17(12-15)21(26)27/h2-6,11-12H,7-10,13H2,1H3,(H,22,24)(H,26,27). The van der Waals surface area contributed by atoms with Crippen molar-refractivity contribution in [3.8, 4) is 0 Å². The van der Waals surface area contributed by atoms with Crippen molar-refractivity contribution in [1.29, 1.82) is 0 Å². The maximum absolute atomic E-state index is 12.6. The van der Waals surface area contributed by atoms with E-state index < -0.39 is 5.97 Å². The minimum absolute atomic E-state index is 0.0202. The fourth-order valence-corrected chi connectivity index (χ4v) is 3.98. The molecule has 1 saturated heterocycles. The largest absolute Gasteiger partial charge is 0.478 e. The maximum atomic E-state index is 12.6. The van der Waals surface area contributed by atoms with E-state index in [1.54, 1.807) is 30.3 Å². The topological polar surface area (TPSA) is 86.7 Å². The second-order valence-corrected chi connectivity index (χ2v) is 7.89. The van der Waals surface area contributed by atoms with Crippen molar-refractivity contribution in [2.45, 2.75) is 13.3 Å². The summed E-state index contributed by atoms with van der Waals surface area (Å²) < 4.78 is 0. The van der Waals surface area contributed by atoms with Crippen LogP contribution >= 0.6 is 11.8 Å². The molecule has 2 aromatic rings. The Balaban J connectivity index is 1.65. The van der Waals surface area contributed by atoms with Gasteiger partial charge < -0.3 is 15.3 Å². The first-order chi connectivity index (χ1) is 13.4. The van der Waals surface area contributed by atoms with Crippen molar-refractivity contribution in [3.05, 3.63) is 64.7 Å². The number of thioether (sulfide) groups is 1. The number of carboxylic acid groups (broad SMARTS) is 1. The van der Waals surface area contributed by atoms with Gasteiger partial charge in [0.2, 0.25) is 5.91 Å². The Morgan fingerprint density at radius 2 is 1.82 bits per heavy atom.